The van der Waals surface area contributed by atoms with Crippen molar-refractivity contribution < 1.29 is 9.90 Å². The lowest BCUT2D eigenvalue weighted by molar-refractivity contribution is -0.134. The van der Waals surface area contributed by atoms with Crippen molar-refractivity contribution in [2.45, 2.75) is 47.1 Å². The minimum absolute atomic E-state index is 0.0299. The second kappa shape index (κ2) is 7.75. The molecule has 1 saturated heterocycles. The number of nitrogens with two attached hydrogens (primary N) is 1. The van der Waals surface area contributed by atoms with Gasteiger partial charge in [0.05, 0.1) is 6.04 Å². The molecule has 1 heterocycles. The molecule has 2 rings (SSSR count). The molecule has 0 saturated carbocycles. The van der Waals surface area contributed by atoms with E-state index in [9.17, 15) is 9.90 Å². The molecule has 0 bridgehead atoms. The number of nitrogens with zero attached hydrogens (tertiary/aromatic N) is 2. The summed E-state index contributed by atoms with van der Waals surface area (Å²) in [6.45, 7) is 15.0. The fraction of sp³-hybridized carbons (Fsp3) is 0.650. The monoisotopic (exact) mass is 347 g/mol. The number of piperazine rings is 1. The van der Waals surface area contributed by atoms with E-state index < -0.39 is 6.04 Å². The average Bonchev–Trinajstić information content (AvgIpc) is 2.49. The number of amides is 1. The van der Waals surface area contributed by atoms with Crippen LogP contribution in [0, 0.1) is 19.3 Å². The van der Waals surface area contributed by atoms with Gasteiger partial charge in [-0.1, -0.05) is 20.8 Å². The standard InChI is InChI=1S/C20H33N3O2/c1-14-10-16(24)11-15(2)17(14)12-18(21)19(25)23-8-6-22(7-9-23)13-20(3,4)5/h10-11,18,24H,6-9,12-13,21H2,1-5H3/t18-/m0/s1. The van der Waals surface area contributed by atoms with E-state index in [-0.39, 0.29) is 17.1 Å². The highest BCUT2D eigenvalue weighted by Gasteiger charge is 2.27. The van der Waals surface area contributed by atoms with E-state index in [0.29, 0.717) is 6.42 Å². The Kier molecular flexibility index (Phi) is 6.12. The molecule has 1 fully saturated rings. The molecule has 0 radical (unpaired) electrons. The van der Waals surface area contributed by atoms with E-state index in [2.05, 4.69) is 25.7 Å². The van der Waals surface area contributed by atoms with E-state index in [0.717, 1.165) is 49.4 Å². The maximum absolute atomic E-state index is 12.7. The summed E-state index contributed by atoms with van der Waals surface area (Å²) in [6, 6.07) is 2.92. The summed E-state index contributed by atoms with van der Waals surface area (Å²) in [4.78, 5) is 17.0. The van der Waals surface area contributed by atoms with Crippen molar-refractivity contribution in [2.75, 3.05) is 32.7 Å². The quantitative estimate of drug-likeness (QED) is 0.875. The van der Waals surface area contributed by atoms with E-state index in [4.69, 9.17) is 5.73 Å². The van der Waals surface area contributed by atoms with Crippen LogP contribution < -0.4 is 5.73 Å². The van der Waals surface area contributed by atoms with Crippen molar-refractivity contribution in [1.29, 1.82) is 0 Å². The topological polar surface area (TPSA) is 69.8 Å². The summed E-state index contributed by atoms with van der Waals surface area (Å²) in [5, 5.41) is 9.66. The minimum Gasteiger partial charge on any atom is -0.508 e. The fourth-order valence-electron chi connectivity index (χ4n) is 3.63. The zero-order valence-electron chi connectivity index (χ0n) is 16.3. The van der Waals surface area contributed by atoms with Gasteiger partial charge < -0.3 is 15.7 Å². The lowest BCUT2D eigenvalue weighted by Gasteiger charge is -2.38. The fourth-order valence-corrected chi connectivity index (χ4v) is 3.63. The number of benzene rings is 1. The van der Waals surface area contributed by atoms with Gasteiger partial charge in [-0.25, -0.2) is 0 Å². The third kappa shape index (κ3) is 5.44. The Morgan fingerprint density at radius 1 is 1.16 bits per heavy atom. The molecule has 5 nitrogen and oxygen atoms in total. The lowest BCUT2D eigenvalue weighted by atomic mass is 9.95. The van der Waals surface area contributed by atoms with Crippen molar-refractivity contribution in [3.63, 3.8) is 0 Å². The van der Waals surface area contributed by atoms with Crippen LogP contribution in [0.15, 0.2) is 12.1 Å². The molecule has 0 spiro atoms. The highest BCUT2D eigenvalue weighted by Crippen LogP contribution is 2.22. The van der Waals surface area contributed by atoms with Crippen LogP contribution in [0.2, 0.25) is 0 Å². The number of aryl methyl sites for hydroxylation is 2. The molecule has 1 atom stereocenters. The van der Waals surface area contributed by atoms with Gasteiger partial charge in [-0.2, -0.15) is 0 Å². The van der Waals surface area contributed by atoms with Crippen LogP contribution in [0.1, 0.15) is 37.5 Å². The number of carbonyl (C=O) groups excluding carboxylic acids is 1. The van der Waals surface area contributed by atoms with Gasteiger partial charge in [0.15, 0.2) is 0 Å². The van der Waals surface area contributed by atoms with Gasteiger partial charge in [0.2, 0.25) is 5.91 Å². The molecular weight excluding hydrogens is 314 g/mol. The molecule has 3 N–H and O–H groups in total. The summed E-state index contributed by atoms with van der Waals surface area (Å²) in [6.07, 6.45) is 0.513. The molecular formula is C20H33N3O2. The summed E-state index contributed by atoms with van der Waals surface area (Å²) in [5.41, 5.74) is 9.52. The molecule has 5 heteroatoms. The SMILES string of the molecule is Cc1cc(O)cc(C)c1C[C@H](N)C(=O)N1CCN(CC(C)(C)C)CC1. The van der Waals surface area contributed by atoms with Crippen LogP contribution >= 0.6 is 0 Å². The highest BCUT2D eigenvalue weighted by molar-refractivity contribution is 5.82. The normalized spacial score (nSPS) is 17.6. The first-order valence-corrected chi connectivity index (χ1v) is 9.12. The van der Waals surface area contributed by atoms with Crippen molar-refractivity contribution in [3.8, 4) is 5.75 Å². The first-order valence-electron chi connectivity index (χ1n) is 9.12. The van der Waals surface area contributed by atoms with E-state index in [1.165, 1.54) is 0 Å². The van der Waals surface area contributed by atoms with Crippen LogP contribution in [0.25, 0.3) is 0 Å². The predicted molar refractivity (Wildman–Crippen MR) is 102 cm³/mol. The van der Waals surface area contributed by atoms with Crippen LogP contribution in [-0.2, 0) is 11.2 Å². The molecule has 1 aliphatic rings. The largest absolute Gasteiger partial charge is 0.508 e. The molecule has 25 heavy (non-hydrogen) atoms. The Bertz CT molecular complexity index is 591. The molecule has 0 aliphatic carbocycles. The van der Waals surface area contributed by atoms with Gasteiger partial charge in [0.1, 0.15) is 5.75 Å². The Labute approximate surface area is 151 Å². The minimum atomic E-state index is -0.531. The van der Waals surface area contributed by atoms with Gasteiger partial charge in [0, 0.05) is 32.7 Å². The van der Waals surface area contributed by atoms with Crippen LogP contribution in [0.3, 0.4) is 0 Å². The van der Waals surface area contributed by atoms with E-state index in [1.54, 1.807) is 12.1 Å². The summed E-state index contributed by atoms with van der Waals surface area (Å²) >= 11 is 0. The molecule has 1 aliphatic heterocycles. The first kappa shape index (κ1) is 19.7. The summed E-state index contributed by atoms with van der Waals surface area (Å²) in [5.74, 6) is 0.288. The molecule has 0 unspecified atom stereocenters. The van der Waals surface area contributed by atoms with Crippen molar-refractivity contribution >= 4 is 5.91 Å². The van der Waals surface area contributed by atoms with Crippen LogP contribution in [0.5, 0.6) is 5.75 Å². The highest BCUT2D eigenvalue weighted by atomic mass is 16.3. The van der Waals surface area contributed by atoms with Gasteiger partial charge in [0.25, 0.3) is 0 Å². The lowest BCUT2D eigenvalue weighted by Crippen LogP contribution is -2.54. The predicted octanol–water partition coefficient (Wildman–Crippen LogP) is 2.07. The maximum Gasteiger partial charge on any atom is 0.239 e. The third-order valence-corrected chi connectivity index (χ3v) is 4.80. The van der Waals surface area contributed by atoms with E-state index >= 15 is 0 Å². The third-order valence-electron chi connectivity index (χ3n) is 4.80. The summed E-state index contributed by atoms with van der Waals surface area (Å²) in [7, 11) is 0. The van der Waals surface area contributed by atoms with E-state index in [1.807, 2.05) is 18.7 Å². The molecule has 1 amide bonds. The Morgan fingerprint density at radius 3 is 2.16 bits per heavy atom. The Hall–Kier alpha value is -1.59. The number of rotatable bonds is 4. The molecule has 1 aromatic carbocycles. The van der Waals surface area contributed by atoms with Gasteiger partial charge >= 0.3 is 0 Å². The zero-order chi connectivity index (χ0) is 18.8. The van der Waals surface area contributed by atoms with Crippen molar-refractivity contribution in [3.05, 3.63) is 28.8 Å². The number of phenols is 1. The second-order valence-corrected chi connectivity index (χ2v) is 8.53. The number of carbonyl (C=O) groups is 1. The smallest absolute Gasteiger partial charge is 0.239 e. The van der Waals surface area contributed by atoms with Gasteiger partial charge in [-0.3, -0.25) is 9.69 Å². The Morgan fingerprint density at radius 2 is 1.68 bits per heavy atom. The second-order valence-electron chi connectivity index (χ2n) is 8.53. The average molecular weight is 348 g/mol. The number of hydrogen-bond acceptors (Lipinski definition) is 4. The molecule has 140 valence electrons. The van der Waals surface area contributed by atoms with Crippen LogP contribution in [-0.4, -0.2) is 59.6 Å². The Balaban J connectivity index is 1.93. The number of hydrogen-bond donors (Lipinski definition) is 2. The zero-order valence-corrected chi connectivity index (χ0v) is 16.3. The first-order chi connectivity index (χ1) is 11.6. The molecule has 1 aromatic rings. The van der Waals surface area contributed by atoms with Crippen molar-refractivity contribution in [2.24, 2.45) is 11.1 Å². The van der Waals surface area contributed by atoms with Gasteiger partial charge in [-0.05, 0) is 54.5 Å². The summed E-state index contributed by atoms with van der Waals surface area (Å²) < 4.78 is 0. The number of aromatic hydroxyl groups is 1. The van der Waals surface area contributed by atoms with Gasteiger partial charge in [-0.15, -0.1) is 0 Å². The van der Waals surface area contributed by atoms with Crippen molar-refractivity contribution in [1.82, 2.24) is 9.80 Å². The number of phenolic OH excluding ortho intramolecular Hbond substituents is 1. The maximum atomic E-state index is 12.7. The van der Waals surface area contributed by atoms with Crippen LogP contribution in [0.4, 0.5) is 0 Å². The molecule has 0 aromatic heterocycles.